The third kappa shape index (κ3) is 1.77. The van der Waals surface area contributed by atoms with Gasteiger partial charge in [0.05, 0.1) is 5.52 Å². The maximum atomic E-state index is 5.91. The van der Waals surface area contributed by atoms with Gasteiger partial charge in [0.1, 0.15) is 4.60 Å². The average molecular weight is 271 g/mol. The molecule has 72 valence electrons. The lowest BCUT2D eigenvalue weighted by molar-refractivity contribution is 1.10. The molecule has 3 heteroatoms. The summed E-state index contributed by atoms with van der Waals surface area (Å²) in [4.78, 5) is 4.45. The fraction of sp³-hybridized carbons (Fsp3) is 0.182. The molecule has 1 nitrogen and oxygen atoms in total. The summed E-state index contributed by atoms with van der Waals surface area (Å²) >= 11 is 9.37. The third-order valence-corrected chi connectivity index (χ3v) is 3.11. The van der Waals surface area contributed by atoms with E-state index in [1.807, 2.05) is 18.2 Å². The van der Waals surface area contributed by atoms with Crippen molar-refractivity contribution in [3.05, 3.63) is 39.5 Å². The monoisotopic (exact) mass is 269 g/mol. The van der Waals surface area contributed by atoms with Gasteiger partial charge in [-0.15, -0.1) is 0 Å². The summed E-state index contributed by atoms with van der Waals surface area (Å²) in [6, 6.07) is 7.85. The summed E-state index contributed by atoms with van der Waals surface area (Å²) in [5.74, 6) is 0. The highest BCUT2D eigenvalue weighted by Gasteiger charge is 2.02. The standard InChI is InChI=1S/C11H9BrClN/c1-2-7-5-8-6-9(13)3-4-10(8)14-11(7)12/h3-6H,2H2,1H3. The van der Waals surface area contributed by atoms with E-state index in [-0.39, 0.29) is 0 Å². The third-order valence-electron chi connectivity index (χ3n) is 2.18. The van der Waals surface area contributed by atoms with Gasteiger partial charge in [-0.2, -0.15) is 0 Å². The lowest BCUT2D eigenvalue weighted by Gasteiger charge is -2.03. The number of pyridine rings is 1. The van der Waals surface area contributed by atoms with Crippen molar-refractivity contribution >= 4 is 38.4 Å². The molecule has 0 saturated heterocycles. The number of hydrogen-bond donors (Lipinski definition) is 0. The minimum atomic E-state index is 0.753. The Morgan fingerprint density at radius 1 is 1.36 bits per heavy atom. The number of rotatable bonds is 1. The lowest BCUT2D eigenvalue weighted by Crippen LogP contribution is -1.88. The van der Waals surface area contributed by atoms with E-state index in [4.69, 9.17) is 11.6 Å². The zero-order valence-electron chi connectivity index (χ0n) is 7.72. The molecule has 0 N–H and O–H groups in total. The first-order valence-corrected chi connectivity index (χ1v) is 5.62. The summed E-state index contributed by atoms with van der Waals surface area (Å²) in [6.07, 6.45) is 0.968. The minimum absolute atomic E-state index is 0.753. The van der Waals surface area contributed by atoms with Crippen LogP contribution in [0, 0.1) is 0 Å². The van der Waals surface area contributed by atoms with E-state index in [0.29, 0.717) is 0 Å². The van der Waals surface area contributed by atoms with Crippen molar-refractivity contribution < 1.29 is 0 Å². The molecule has 0 radical (unpaired) electrons. The topological polar surface area (TPSA) is 12.9 Å². The van der Waals surface area contributed by atoms with Crippen LogP contribution in [0.2, 0.25) is 5.02 Å². The van der Waals surface area contributed by atoms with Crippen molar-refractivity contribution in [2.45, 2.75) is 13.3 Å². The van der Waals surface area contributed by atoms with E-state index >= 15 is 0 Å². The second kappa shape index (κ2) is 3.87. The zero-order chi connectivity index (χ0) is 10.1. The van der Waals surface area contributed by atoms with E-state index < -0.39 is 0 Å². The Morgan fingerprint density at radius 3 is 2.86 bits per heavy atom. The molecule has 0 atom stereocenters. The van der Waals surface area contributed by atoms with Gasteiger partial charge in [0.25, 0.3) is 0 Å². The van der Waals surface area contributed by atoms with E-state index in [2.05, 4.69) is 33.9 Å². The number of aryl methyl sites for hydroxylation is 1. The van der Waals surface area contributed by atoms with Crippen LogP contribution in [0.1, 0.15) is 12.5 Å². The lowest BCUT2D eigenvalue weighted by atomic mass is 10.1. The number of nitrogens with zero attached hydrogens (tertiary/aromatic N) is 1. The van der Waals surface area contributed by atoms with Gasteiger partial charge in [0.2, 0.25) is 0 Å². The summed E-state index contributed by atoms with van der Waals surface area (Å²) < 4.78 is 0.926. The second-order valence-electron chi connectivity index (χ2n) is 3.13. The summed E-state index contributed by atoms with van der Waals surface area (Å²) in [6.45, 7) is 2.11. The van der Waals surface area contributed by atoms with Crippen molar-refractivity contribution in [3.8, 4) is 0 Å². The molecular formula is C11H9BrClN. The summed E-state index contributed by atoms with van der Waals surface area (Å²) in [5.41, 5.74) is 2.18. The highest BCUT2D eigenvalue weighted by molar-refractivity contribution is 9.10. The highest BCUT2D eigenvalue weighted by Crippen LogP contribution is 2.23. The molecule has 0 fully saturated rings. The number of hydrogen-bond acceptors (Lipinski definition) is 1. The summed E-state index contributed by atoms with van der Waals surface area (Å²) in [5, 5.41) is 1.85. The Bertz CT molecular complexity index is 482. The quantitative estimate of drug-likeness (QED) is 0.707. The maximum Gasteiger partial charge on any atom is 0.110 e. The maximum absolute atomic E-state index is 5.91. The van der Waals surface area contributed by atoms with Gasteiger partial charge in [-0.05, 0) is 52.2 Å². The molecular weight excluding hydrogens is 261 g/mol. The number of aromatic nitrogens is 1. The van der Waals surface area contributed by atoms with Gasteiger partial charge in [0, 0.05) is 10.4 Å². The molecule has 0 aliphatic carbocycles. The van der Waals surface area contributed by atoms with Crippen LogP contribution in [0.5, 0.6) is 0 Å². The van der Waals surface area contributed by atoms with Crippen molar-refractivity contribution in [1.29, 1.82) is 0 Å². The van der Waals surface area contributed by atoms with Crippen LogP contribution in [-0.2, 0) is 6.42 Å². The molecule has 0 aliphatic heterocycles. The molecule has 2 aromatic rings. The van der Waals surface area contributed by atoms with E-state index in [0.717, 1.165) is 26.9 Å². The molecule has 1 heterocycles. The van der Waals surface area contributed by atoms with Gasteiger partial charge in [-0.1, -0.05) is 18.5 Å². The SMILES string of the molecule is CCc1cc2cc(Cl)ccc2nc1Br. The average Bonchev–Trinajstić information content (AvgIpc) is 2.17. The second-order valence-corrected chi connectivity index (χ2v) is 4.32. The van der Waals surface area contributed by atoms with Gasteiger partial charge in [0.15, 0.2) is 0 Å². The molecule has 0 bridgehead atoms. The molecule has 1 aromatic carbocycles. The van der Waals surface area contributed by atoms with Crippen LogP contribution in [0.4, 0.5) is 0 Å². The smallest absolute Gasteiger partial charge is 0.110 e. The zero-order valence-corrected chi connectivity index (χ0v) is 10.1. The minimum Gasteiger partial charge on any atom is -0.241 e. The van der Waals surface area contributed by atoms with Crippen molar-refractivity contribution in [3.63, 3.8) is 0 Å². The predicted molar refractivity (Wildman–Crippen MR) is 63.8 cm³/mol. The molecule has 0 aliphatic rings. The molecule has 14 heavy (non-hydrogen) atoms. The predicted octanol–water partition coefficient (Wildman–Crippen LogP) is 4.21. The first kappa shape index (κ1) is 9.94. The van der Waals surface area contributed by atoms with Crippen LogP contribution in [0.3, 0.4) is 0 Å². The fourth-order valence-corrected chi connectivity index (χ4v) is 2.18. The Labute approximate surface area is 96.2 Å². The van der Waals surface area contributed by atoms with Gasteiger partial charge in [-0.3, -0.25) is 0 Å². The molecule has 1 aromatic heterocycles. The van der Waals surface area contributed by atoms with Gasteiger partial charge < -0.3 is 0 Å². The fourth-order valence-electron chi connectivity index (χ4n) is 1.42. The van der Waals surface area contributed by atoms with E-state index in [1.165, 1.54) is 5.56 Å². The van der Waals surface area contributed by atoms with E-state index in [1.54, 1.807) is 0 Å². The number of benzene rings is 1. The van der Waals surface area contributed by atoms with Crippen LogP contribution >= 0.6 is 27.5 Å². The number of halogens is 2. The first-order chi connectivity index (χ1) is 6.70. The normalized spacial score (nSPS) is 10.8. The molecule has 0 spiro atoms. The molecule has 0 unspecified atom stereocenters. The van der Waals surface area contributed by atoms with Gasteiger partial charge in [-0.25, -0.2) is 4.98 Å². The van der Waals surface area contributed by atoms with Crippen LogP contribution in [-0.4, -0.2) is 4.98 Å². The van der Waals surface area contributed by atoms with Gasteiger partial charge >= 0.3 is 0 Å². The van der Waals surface area contributed by atoms with Crippen molar-refractivity contribution in [1.82, 2.24) is 4.98 Å². The Balaban J connectivity index is 2.73. The van der Waals surface area contributed by atoms with Crippen LogP contribution in [0.15, 0.2) is 28.9 Å². The molecule has 0 saturated carbocycles. The Hall–Kier alpha value is -0.600. The van der Waals surface area contributed by atoms with E-state index in [9.17, 15) is 0 Å². The number of fused-ring (bicyclic) bond motifs is 1. The van der Waals surface area contributed by atoms with Crippen LogP contribution < -0.4 is 0 Å². The van der Waals surface area contributed by atoms with Crippen molar-refractivity contribution in [2.24, 2.45) is 0 Å². The Kier molecular flexibility index (Phi) is 2.75. The molecule has 2 rings (SSSR count). The van der Waals surface area contributed by atoms with Crippen molar-refractivity contribution in [2.75, 3.05) is 0 Å². The molecule has 0 amide bonds. The summed E-state index contributed by atoms with van der Waals surface area (Å²) in [7, 11) is 0. The highest BCUT2D eigenvalue weighted by atomic mass is 79.9. The largest absolute Gasteiger partial charge is 0.241 e. The first-order valence-electron chi connectivity index (χ1n) is 4.45. The van der Waals surface area contributed by atoms with Crippen LogP contribution in [0.25, 0.3) is 10.9 Å². The Morgan fingerprint density at radius 2 is 2.14 bits per heavy atom.